The summed E-state index contributed by atoms with van der Waals surface area (Å²) < 4.78 is 12.3. The van der Waals surface area contributed by atoms with E-state index in [9.17, 15) is 4.79 Å². The Morgan fingerprint density at radius 3 is 2.58 bits per heavy atom. The van der Waals surface area contributed by atoms with Crippen LogP contribution >= 0.6 is 11.6 Å². The molecule has 1 fully saturated rings. The lowest BCUT2D eigenvalue weighted by Gasteiger charge is -2.35. The Balaban J connectivity index is 1.37. The van der Waals surface area contributed by atoms with Crippen LogP contribution < -0.4 is 19.7 Å². The molecule has 0 unspecified atom stereocenters. The fourth-order valence-corrected chi connectivity index (χ4v) is 3.90. The Hall–Kier alpha value is -3.11. The van der Waals surface area contributed by atoms with E-state index < -0.39 is 0 Å². The van der Waals surface area contributed by atoms with E-state index in [4.69, 9.17) is 21.1 Å². The van der Waals surface area contributed by atoms with Gasteiger partial charge < -0.3 is 19.7 Å². The van der Waals surface area contributed by atoms with Crippen LogP contribution in [0.4, 0.5) is 11.5 Å². The summed E-state index contributed by atoms with van der Waals surface area (Å²) >= 11 is 6.13. The van der Waals surface area contributed by atoms with Gasteiger partial charge in [-0.15, -0.1) is 0 Å². The lowest BCUT2D eigenvalue weighted by atomic mass is 10.2. The molecular weight excluding hydrogens is 422 g/mol. The van der Waals surface area contributed by atoms with Crippen LogP contribution in [-0.4, -0.2) is 77.5 Å². The predicted molar refractivity (Wildman–Crippen MR) is 118 cm³/mol. The number of rotatable bonds is 6. The minimum atomic E-state index is -0.132. The van der Waals surface area contributed by atoms with Gasteiger partial charge in [0.25, 0.3) is 0 Å². The van der Waals surface area contributed by atoms with Gasteiger partial charge in [0.1, 0.15) is 23.6 Å². The maximum absolute atomic E-state index is 12.6. The number of nitrogens with zero attached hydrogens (tertiary/aromatic N) is 6. The van der Waals surface area contributed by atoms with Gasteiger partial charge in [-0.3, -0.25) is 14.4 Å². The third-order valence-corrected chi connectivity index (χ3v) is 5.59. The molecule has 31 heavy (non-hydrogen) atoms. The first kappa shape index (κ1) is 21.1. The molecule has 2 aromatic heterocycles. The quantitative estimate of drug-likeness (QED) is 0.613. The molecule has 1 N–H and O–H groups in total. The normalized spacial score (nSPS) is 14.6. The third kappa shape index (κ3) is 4.35. The molecule has 0 aliphatic carbocycles. The fraction of sp³-hybridized carbons (Fsp3) is 0.400. The van der Waals surface area contributed by atoms with Crippen molar-refractivity contribution < 1.29 is 14.3 Å². The van der Waals surface area contributed by atoms with Gasteiger partial charge in [-0.05, 0) is 0 Å². The zero-order valence-electron chi connectivity index (χ0n) is 17.6. The fourth-order valence-electron chi connectivity index (χ4n) is 3.67. The van der Waals surface area contributed by atoms with Gasteiger partial charge >= 0.3 is 0 Å². The maximum Gasteiger partial charge on any atom is 0.238 e. The number of benzene rings is 1. The van der Waals surface area contributed by atoms with E-state index in [-0.39, 0.29) is 12.5 Å². The summed E-state index contributed by atoms with van der Waals surface area (Å²) in [7, 11) is 4.91. The number of hydrogen-bond donors (Lipinski definition) is 1. The molecule has 0 spiro atoms. The molecule has 0 bridgehead atoms. The minimum absolute atomic E-state index is 0.132. The average molecular weight is 446 g/mol. The first-order valence-corrected chi connectivity index (χ1v) is 10.2. The van der Waals surface area contributed by atoms with Crippen LogP contribution in [0.3, 0.4) is 0 Å². The minimum Gasteiger partial charge on any atom is -0.495 e. The van der Waals surface area contributed by atoms with Crippen LogP contribution in [-0.2, 0) is 11.8 Å². The molecule has 1 aromatic carbocycles. The van der Waals surface area contributed by atoms with Crippen LogP contribution in [0, 0.1) is 0 Å². The number of carbonyl (C=O) groups is 1. The van der Waals surface area contributed by atoms with Crippen molar-refractivity contribution in [3.63, 3.8) is 0 Å². The van der Waals surface area contributed by atoms with Crippen LogP contribution in [0.1, 0.15) is 0 Å². The number of aromatic nitrogens is 4. The molecule has 3 aromatic rings. The van der Waals surface area contributed by atoms with E-state index in [1.807, 2.05) is 7.05 Å². The molecule has 0 saturated carbocycles. The second-order valence-corrected chi connectivity index (χ2v) is 7.61. The van der Waals surface area contributed by atoms with Crippen LogP contribution in [0.2, 0.25) is 5.02 Å². The van der Waals surface area contributed by atoms with Crippen molar-refractivity contribution in [2.24, 2.45) is 7.05 Å². The second kappa shape index (κ2) is 8.94. The molecular formula is C20H24ClN7O3. The average Bonchev–Trinajstić information content (AvgIpc) is 3.16. The SMILES string of the molecule is COc1cc(NC(=O)CN2CCN(c3ncnc4c3cnn4C)CC2)c(OC)cc1Cl. The molecule has 10 nitrogen and oxygen atoms in total. The number of ether oxygens (including phenoxy) is 2. The highest BCUT2D eigenvalue weighted by atomic mass is 35.5. The molecule has 1 amide bonds. The Kier molecular flexibility index (Phi) is 6.10. The van der Waals surface area contributed by atoms with Gasteiger partial charge in [0.15, 0.2) is 5.65 Å². The number of carbonyl (C=O) groups excluding carboxylic acids is 1. The zero-order chi connectivity index (χ0) is 22.0. The predicted octanol–water partition coefficient (Wildman–Crippen LogP) is 1.79. The van der Waals surface area contributed by atoms with Crippen molar-refractivity contribution in [3.8, 4) is 11.5 Å². The monoisotopic (exact) mass is 445 g/mol. The molecule has 3 heterocycles. The lowest BCUT2D eigenvalue weighted by Crippen LogP contribution is -2.49. The number of hydrogen-bond acceptors (Lipinski definition) is 8. The van der Waals surface area contributed by atoms with E-state index in [1.54, 1.807) is 29.3 Å². The van der Waals surface area contributed by atoms with Crippen LogP contribution in [0.25, 0.3) is 11.0 Å². The second-order valence-electron chi connectivity index (χ2n) is 7.20. The summed E-state index contributed by atoms with van der Waals surface area (Å²) in [6, 6.07) is 3.28. The molecule has 1 saturated heterocycles. The zero-order valence-corrected chi connectivity index (χ0v) is 18.4. The number of halogens is 1. The summed E-state index contributed by atoms with van der Waals surface area (Å²) in [5.74, 6) is 1.69. The van der Waals surface area contributed by atoms with E-state index in [2.05, 4.69) is 30.2 Å². The largest absolute Gasteiger partial charge is 0.495 e. The Labute approximate surface area is 184 Å². The van der Waals surface area contributed by atoms with Crippen molar-refractivity contribution >= 4 is 40.0 Å². The standard InChI is InChI=1S/C20H24ClN7O3/c1-26-19-13(10-24-26)20(23-12-22-19)28-6-4-27(5-7-28)11-18(29)25-15-9-16(30-2)14(21)8-17(15)31-3/h8-10,12H,4-7,11H2,1-3H3,(H,25,29). The lowest BCUT2D eigenvalue weighted by molar-refractivity contribution is -0.117. The molecule has 1 aliphatic heterocycles. The van der Waals surface area contributed by atoms with Gasteiger partial charge in [0.05, 0.1) is 43.1 Å². The smallest absolute Gasteiger partial charge is 0.238 e. The highest BCUT2D eigenvalue weighted by molar-refractivity contribution is 6.32. The number of nitrogens with one attached hydrogen (secondary N) is 1. The number of methoxy groups -OCH3 is 2. The van der Waals surface area contributed by atoms with Gasteiger partial charge in [-0.1, -0.05) is 11.6 Å². The van der Waals surface area contributed by atoms with Gasteiger partial charge in [-0.2, -0.15) is 5.10 Å². The van der Waals surface area contributed by atoms with Gasteiger partial charge in [0.2, 0.25) is 5.91 Å². The molecule has 4 rings (SSSR count). The summed E-state index contributed by atoms with van der Waals surface area (Å²) in [5.41, 5.74) is 1.33. The van der Waals surface area contributed by atoms with E-state index in [0.717, 1.165) is 43.0 Å². The van der Waals surface area contributed by atoms with E-state index >= 15 is 0 Å². The molecule has 0 atom stereocenters. The third-order valence-electron chi connectivity index (χ3n) is 5.30. The van der Waals surface area contributed by atoms with E-state index in [0.29, 0.717) is 22.2 Å². The van der Waals surface area contributed by atoms with Crippen molar-refractivity contribution in [2.75, 3.05) is 57.2 Å². The van der Waals surface area contributed by atoms with E-state index in [1.165, 1.54) is 14.2 Å². The first-order valence-electron chi connectivity index (χ1n) is 9.81. The van der Waals surface area contributed by atoms with Crippen molar-refractivity contribution in [1.29, 1.82) is 0 Å². The number of aryl methyl sites for hydroxylation is 1. The molecule has 1 aliphatic rings. The summed E-state index contributed by atoms with van der Waals surface area (Å²) in [5, 5.41) is 8.51. The first-order chi connectivity index (χ1) is 15.0. The Bertz CT molecular complexity index is 1100. The Morgan fingerprint density at radius 2 is 1.87 bits per heavy atom. The van der Waals surface area contributed by atoms with Gasteiger partial charge in [-0.25, -0.2) is 9.97 Å². The van der Waals surface area contributed by atoms with Gasteiger partial charge in [0, 0.05) is 45.4 Å². The van der Waals surface area contributed by atoms with Crippen LogP contribution in [0.15, 0.2) is 24.7 Å². The van der Waals surface area contributed by atoms with Crippen molar-refractivity contribution in [1.82, 2.24) is 24.6 Å². The highest BCUT2D eigenvalue weighted by Gasteiger charge is 2.23. The highest BCUT2D eigenvalue weighted by Crippen LogP contribution is 2.35. The molecule has 0 radical (unpaired) electrons. The molecule has 11 heteroatoms. The molecule has 164 valence electrons. The topological polar surface area (TPSA) is 97.6 Å². The summed E-state index contributed by atoms with van der Waals surface area (Å²) in [6.45, 7) is 3.26. The number of piperazine rings is 1. The van der Waals surface area contributed by atoms with Crippen molar-refractivity contribution in [3.05, 3.63) is 29.7 Å². The van der Waals surface area contributed by atoms with Crippen molar-refractivity contribution in [2.45, 2.75) is 0 Å². The maximum atomic E-state index is 12.6. The summed E-state index contributed by atoms with van der Waals surface area (Å²) in [4.78, 5) is 25.7. The van der Waals surface area contributed by atoms with Crippen LogP contribution in [0.5, 0.6) is 11.5 Å². The number of anilines is 2. The Morgan fingerprint density at radius 1 is 1.13 bits per heavy atom. The number of fused-ring (bicyclic) bond motifs is 1. The summed E-state index contributed by atoms with van der Waals surface area (Å²) in [6.07, 6.45) is 3.35. The number of amides is 1.